The van der Waals surface area contributed by atoms with E-state index in [2.05, 4.69) is 10.0 Å². The average Bonchev–Trinajstić information content (AvgIpc) is 2.88. The number of aliphatic hydroxyl groups excluding tert-OH is 1. The first-order valence-electron chi connectivity index (χ1n) is 7.13. The Morgan fingerprint density at radius 2 is 2.05 bits per heavy atom. The van der Waals surface area contributed by atoms with Crippen molar-refractivity contribution in [2.24, 2.45) is 0 Å². The fourth-order valence-electron chi connectivity index (χ4n) is 2.95. The Balaban J connectivity index is 1.81. The Morgan fingerprint density at radius 1 is 1.25 bits per heavy atom. The van der Waals surface area contributed by atoms with Crippen LogP contribution in [0.4, 0.5) is 5.69 Å². The molecule has 2 atom stereocenters. The number of fused-ring (bicyclic) bond motifs is 1. The number of aliphatic hydroxyl groups is 1. The molecule has 0 spiro atoms. The maximum absolute atomic E-state index is 12.4. The molecular weight excluding hydrogens is 276 g/mol. The lowest BCUT2D eigenvalue weighted by Crippen LogP contribution is -2.44. The number of hydrogen-bond acceptors (Lipinski definition) is 4. The summed E-state index contributed by atoms with van der Waals surface area (Å²) in [6, 6.07) is 4.82. The van der Waals surface area contributed by atoms with Gasteiger partial charge in [-0.1, -0.05) is 18.9 Å². The number of nitrogens with one attached hydrogen (secondary N) is 2. The van der Waals surface area contributed by atoms with Gasteiger partial charge in [-0.3, -0.25) is 0 Å². The lowest BCUT2D eigenvalue weighted by molar-refractivity contribution is 0.101. The van der Waals surface area contributed by atoms with E-state index in [4.69, 9.17) is 0 Å². The van der Waals surface area contributed by atoms with Crippen LogP contribution in [-0.2, 0) is 16.4 Å². The highest BCUT2D eigenvalue weighted by molar-refractivity contribution is 7.89. The van der Waals surface area contributed by atoms with Crippen LogP contribution in [0, 0.1) is 0 Å². The second kappa shape index (κ2) is 5.35. The number of rotatable bonds is 3. The molecule has 1 aliphatic heterocycles. The van der Waals surface area contributed by atoms with E-state index in [1.165, 1.54) is 0 Å². The topological polar surface area (TPSA) is 78.4 Å². The van der Waals surface area contributed by atoms with Gasteiger partial charge in [-0.2, -0.15) is 0 Å². The van der Waals surface area contributed by atoms with E-state index >= 15 is 0 Å². The van der Waals surface area contributed by atoms with E-state index in [1.54, 1.807) is 12.1 Å². The summed E-state index contributed by atoms with van der Waals surface area (Å²) < 4.78 is 27.4. The second-order valence-electron chi connectivity index (χ2n) is 5.58. The van der Waals surface area contributed by atoms with Gasteiger partial charge in [0.1, 0.15) is 0 Å². The molecule has 0 radical (unpaired) electrons. The Kier molecular flexibility index (Phi) is 3.70. The zero-order chi connectivity index (χ0) is 14.2. The van der Waals surface area contributed by atoms with Crippen molar-refractivity contribution < 1.29 is 13.5 Å². The molecule has 1 aliphatic carbocycles. The largest absolute Gasteiger partial charge is 0.391 e. The minimum Gasteiger partial charge on any atom is -0.391 e. The van der Waals surface area contributed by atoms with Crippen LogP contribution in [0.5, 0.6) is 0 Å². The predicted molar refractivity (Wildman–Crippen MR) is 77.2 cm³/mol. The number of anilines is 1. The SMILES string of the molecule is O=S(=O)(NC1CCCCC1O)c1ccc2c(c1)NCC2. The van der Waals surface area contributed by atoms with Gasteiger partial charge in [0.15, 0.2) is 0 Å². The second-order valence-corrected chi connectivity index (χ2v) is 7.29. The Labute approximate surface area is 119 Å². The summed E-state index contributed by atoms with van der Waals surface area (Å²) in [5.74, 6) is 0. The van der Waals surface area contributed by atoms with Crippen molar-refractivity contribution in [2.75, 3.05) is 11.9 Å². The molecule has 6 heteroatoms. The molecule has 0 amide bonds. The summed E-state index contributed by atoms with van der Waals surface area (Å²) in [6.45, 7) is 0.855. The number of benzene rings is 1. The van der Waals surface area contributed by atoms with Crippen molar-refractivity contribution in [3.63, 3.8) is 0 Å². The maximum Gasteiger partial charge on any atom is 0.240 e. The van der Waals surface area contributed by atoms with Crippen molar-refractivity contribution in [1.29, 1.82) is 0 Å². The lowest BCUT2D eigenvalue weighted by atomic mass is 9.93. The molecule has 5 nitrogen and oxygen atoms in total. The predicted octanol–water partition coefficient (Wildman–Crippen LogP) is 1.24. The summed E-state index contributed by atoms with van der Waals surface area (Å²) in [4.78, 5) is 0.267. The molecule has 1 aromatic rings. The molecule has 0 aromatic heterocycles. The number of hydrogen-bond donors (Lipinski definition) is 3. The summed E-state index contributed by atoms with van der Waals surface area (Å²) in [5.41, 5.74) is 2.05. The maximum atomic E-state index is 12.4. The molecule has 3 N–H and O–H groups in total. The minimum atomic E-state index is -3.56. The third kappa shape index (κ3) is 2.68. The van der Waals surface area contributed by atoms with Crippen LogP contribution < -0.4 is 10.0 Å². The monoisotopic (exact) mass is 296 g/mol. The highest BCUT2D eigenvalue weighted by Crippen LogP contribution is 2.26. The first-order valence-corrected chi connectivity index (χ1v) is 8.62. The van der Waals surface area contributed by atoms with Gasteiger partial charge in [0.2, 0.25) is 10.0 Å². The lowest BCUT2D eigenvalue weighted by Gasteiger charge is -2.28. The average molecular weight is 296 g/mol. The normalized spacial score (nSPS) is 26.1. The van der Waals surface area contributed by atoms with E-state index in [0.29, 0.717) is 12.8 Å². The van der Waals surface area contributed by atoms with Crippen LogP contribution in [0.2, 0.25) is 0 Å². The molecule has 0 saturated heterocycles. The van der Waals surface area contributed by atoms with Gasteiger partial charge in [-0.25, -0.2) is 13.1 Å². The first kappa shape index (κ1) is 13.9. The number of sulfonamides is 1. The van der Waals surface area contributed by atoms with Crippen LogP contribution in [0.25, 0.3) is 0 Å². The molecule has 20 heavy (non-hydrogen) atoms. The molecule has 1 aromatic carbocycles. The van der Waals surface area contributed by atoms with Crippen molar-refractivity contribution in [3.05, 3.63) is 23.8 Å². The Morgan fingerprint density at radius 3 is 2.85 bits per heavy atom. The van der Waals surface area contributed by atoms with E-state index < -0.39 is 16.1 Å². The molecule has 2 aliphatic rings. The Bertz CT molecular complexity index is 600. The van der Waals surface area contributed by atoms with Crippen molar-refractivity contribution >= 4 is 15.7 Å². The quantitative estimate of drug-likeness (QED) is 0.784. The molecule has 110 valence electrons. The van der Waals surface area contributed by atoms with Gasteiger partial charge in [0.05, 0.1) is 11.0 Å². The highest BCUT2D eigenvalue weighted by atomic mass is 32.2. The summed E-state index contributed by atoms with van der Waals surface area (Å²) in [6.07, 6.45) is 3.64. The summed E-state index contributed by atoms with van der Waals surface area (Å²) in [7, 11) is -3.56. The minimum absolute atomic E-state index is 0.267. The molecule has 0 bridgehead atoms. The fraction of sp³-hybridized carbons (Fsp3) is 0.571. The van der Waals surface area contributed by atoms with E-state index in [1.807, 2.05) is 6.07 Å². The molecule has 1 heterocycles. The summed E-state index contributed by atoms with van der Waals surface area (Å²) in [5, 5.41) is 13.1. The van der Waals surface area contributed by atoms with Crippen molar-refractivity contribution in [2.45, 2.75) is 49.1 Å². The Hall–Kier alpha value is -1.11. The molecule has 2 unspecified atom stereocenters. The first-order chi connectivity index (χ1) is 9.56. The van der Waals surface area contributed by atoms with Crippen LogP contribution in [-0.4, -0.2) is 32.2 Å². The third-order valence-corrected chi connectivity index (χ3v) is 5.63. The van der Waals surface area contributed by atoms with Gasteiger partial charge >= 0.3 is 0 Å². The van der Waals surface area contributed by atoms with Crippen LogP contribution >= 0.6 is 0 Å². The van der Waals surface area contributed by atoms with E-state index in [-0.39, 0.29) is 10.9 Å². The third-order valence-electron chi connectivity index (χ3n) is 4.14. The summed E-state index contributed by atoms with van der Waals surface area (Å²) >= 11 is 0. The van der Waals surface area contributed by atoms with Gasteiger partial charge in [0.25, 0.3) is 0 Å². The van der Waals surface area contributed by atoms with E-state index in [9.17, 15) is 13.5 Å². The molecular formula is C14H20N2O3S. The van der Waals surface area contributed by atoms with E-state index in [0.717, 1.165) is 37.1 Å². The fourth-order valence-corrected chi connectivity index (χ4v) is 4.28. The van der Waals surface area contributed by atoms with Crippen LogP contribution in [0.3, 0.4) is 0 Å². The highest BCUT2D eigenvalue weighted by Gasteiger charge is 2.28. The standard InChI is InChI=1S/C14H20N2O3S/c17-14-4-2-1-3-12(14)16-20(18,19)11-6-5-10-7-8-15-13(10)9-11/h5-6,9,12,14-17H,1-4,7-8H2. The molecule has 3 rings (SSSR count). The van der Waals surface area contributed by atoms with Crippen LogP contribution in [0.15, 0.2) is 23.1 Å². The van der Waals surface area contributed by atoms with Gasteiger partial charge < -0.3 is 10.4 Å². The van der Waals surface area contributed by atoms with Gasteiger partial charge in [-0.05, 0) is 37.0 Å². The zero-order valence-corrected chi connectivity index (χ0v) is 12.1. The van der Waals surface area contributed by atoms with Crippen molar-refractivity contribution in [1.82, 2.24) is 4.72 Å². The van der Waals surface area contributed by atoms with Gasteiger partial charge in [-0.15, -0.1) is 0 Å². The van der Waals surface area contributed by atoms with Crippen LogP contribution in [0.1, 0.15) is 31.2 Å². The van der Waals surface area contributed by atoms with Gasteiger partial charge in [0, 0.05) is 18.3 Å². The molecule has 1 saturated carbocycles. The van der Waals surface area contributed by atoms with Crippen molar-refractivity contribution in [3.8, 4) is 0 Å². The zero-order valence-electron chi connectivity index (χ0n) is 11.3. The molecule has 1 fully saturated rings. The smallest absolute Gasteiger partial charge is 0.240 e.